The van der Waals surface area contributed by atoms with E-state index in [0.29, 0.717) is 22.8 Å². The molecule has 2 rings (SSSR count). The fourth-order valence-corrected chi connectivity index (χ4v) is 4.55. The molecule has 0 aliphatic rings. The van der Waals surface area contributed by atoms with E-state index in [-0.39, 0.29) is 24.0 Å². The zero-order chi connectivity index (χ0) is 23.9. The second kappa shape index (κ2) is 11.2. The molecule has 2 aromatic rings. The van der Waals surface area contributed by atoms with E-state index in [1.807, 2.05) is 13.8 Å². The number of sulfonamides is 1. The lowest BCUT2D eigenvalue weighted by atomic mass is 10.0. The van der Waals surface area contributed by atoms with Gasteiger partial charge in [-0.3, -0.25) is 4.79 Å². The number of rotatable bonds is 11. The first kappa shape index (κ1) is 25.5. The number of nitrogens with zero attached hydrogens (tertiary/aromatic N) is 1. The van der Waals surface area contributed by atoms with Crippen LogP contribution in [0.4, 0.5) is 0 Å². The van der Waals surface area contributed by atoms with Gasteiger partial charge in [-0.15, -0.1) is 0 Å². The van der Waals surface area contributed by atoms with Crippen molar-refractivity contribution in [3.63, 3.8) is 0 Å². The average molecular weight is 466 g/mol. The quantitative estimate of drug-likeness (QED) is 0.468. The molecule has 176 valence electrons. The molecule has 0 unspecified atom stereocenters. The third-order valence-electron chi connectivity index (χ3n) is 4.88. The second-order valence-electron chi connectivity index (χ2n) is 7.34. The molecule has 0 fully saturated rings. The maximum atomic E-state index is 13.4. The highest BCUT2D eigenvalue weighted by Crippen LogP contribution is 2.38. The fourth-order valence-electron chi connectivity index (χ4n) is 3.18. The molecule has 9 heteroatoms. The molecule has 0 aromatic heterocycles. The van der Waals surface area contributed by atoms with Crippen LogP contribution in [0.15, 0.2) is 41.3 Å². The minimum absolute atomic E-state index is 0.0935. The summed E-state index contributed by atoms with van der Waals surface area (Å²) >= 11 is 0. The SMILES string of the molecule is CCOC(=O)CN(Cc1cc(OC)c(OC)c(OC)c1)S(=O)(=O)c1ccc(C(C)C)cc1. The molecule has 0 spiro atoms. The first-order valence-electron chi connectivity index (χ1n) is 10.2. The zero-order valence-corrected chi connectivity index (χ0v) is 20.2. The summed E-state index contributed by atoms with van der Waals surface area (Å²) in [4.78, 5) is 12.3. The Morgan fingerprint density at radius 2 is 1.53 bits per heavy atom. The van der Waals surface area contributed by atoms with Gasteiger partial charge in [-0.1, -0.05) is 26.0 Å². The van der Waals surface area contributed by atoms with Gasteiger partial charge in [-0.25, -0.2) is 8.42 Å². The molecule has 0 radical (unpaired) electrons. The van der Waals surface area contributed by atoms with E-state index in [2.05, 4.69) is 0 Å². The molecule has 0 aliphatic carbocycles. The Hall–Kier alpha value is -2.78. The minimum Gasteiger partial charge on any atom is -0.493 e. The summed E-state index contributed by atoms with van der Waals surface area (Å²) in [7, 11) is 0.448. The molecule has 0 amide bonds. The molecule has 0 N–H and O–H groups in total. The van der Waals surface area contributed by atoms with Crippen LogP contribution >= 0.6 is 0 Å². The number of carbonyl (C=O) groups is 1. The first-order valence-corrected chi connectivity index (χ1v) is 11.7. The van der Waals surface area contributed by atoms with Crippen molar-refractivity contribution >= 4 is 16.0 Å². The van der Waals surface area contributed by atoms with Gasteiger partial charge in [-0.05, 0) is 48.2 Å². The van der Waals surface area contributed by atoms with Gasteiger partial charge >= 0.3 is 5.97 Å². The van der Waals surface area contributed by atoms with Crippen LogP contribution < -0.4 is 14.2 Å². The van der Waals surface area contributed by atoms with E-state index >= 15 is 0 Å². The van der Waals surface area contributed by atoms with Crippen LogP contribution in [0.2, 0.25) is 0 Å². The molecule has 0 aliphatic heterocycles. The average Bonchev–Trinajstić information content (AvgIpc) is 2.78. The van der Waals surface area contributed by atoms with E-state index in [9.17, 15) is 13.2 Å². The van der Waals surface area contributed by atoms with Crippen molar-refractivity contribution in [3.05, 3.63) is 47.5 Å². The number of methoxy groups -OCH3 is 3. The van der Waals surface area contributed by atoms with Gasteiger partial charge in [0, 0.05) is 6.54 Å². The lowest BCUT2D eigenvalue weighted by Gasteiger charge is -2.23. The van der Waals surface area contributed by atoms with Crippen LogP contribution in [-0.2, 0) is 26.1 Å². The standard InChI is InChI=1S/C23H31NO7S/c1-7-31-22(25)15-24(32(26,27)19-10-8-18(9-11-19)16(2)3)14-17-12-20(28-4)23(30-6)21(13-17)29-5/h8-13,16H,7,14-15H2,1-6H3. The van der Waals surface area contributed by atoms with Crippen molar-refractivity contribution in [1.29, 1.82) is 0 Å². The second-order valence-corrected chi connectivity index (χ2v) is 9.27. The van der Waals surface area contributed by atoms with Crippen molar-refractivity contribution in [2.75, 3.05) is 34.5 Å². The van der Waals surface area contributed by atoms with E-state index < -0.39 is 22.5 Å². The Balaban J connectivity index is 2.48. The summed E-state index contributed by atoms with van der Waals surface area (Å²) in [5.41, 5.74) is 1.58. The summed E-state index contributed by atoms with van der Waals surface area (Å²) < 4.78 is 49.0. The molecule has 0 saturated carbocycles. The largest absolute Gasteiger partial charge is 0.493 e. The molecule has 2 aromatic carbocycles. The molecular weight excluding hydrogens is 434 g/mol. The third kappa shape index (κ3) is 5.92. The van der Waals surface area contributed by atoms with Gasteiger partial charge in [0.05, 0.1) is 32.8 Å². The Kier molecular flexibility index (Phi) is 8.91. The number of hydrogen-bond acceptors (Lipinski definition) is 7. The van der Waals surface area contributed by atoms with Gasteiger partial charge in [-0.2, -0.15) is 4.31 Å². The van der Waals surface area contributed by atoms with E-state index in [1.165, 1.54) is 21.3 Å². The number of esters is 1. The maximum Gasteiger partial charge on any atom is 0.321 e. The Bertz CT molecular complexity index is 992. The van der Waals surface area contributed by atoms with Crippen LogP contribution in [-0.4, -0.2) is 53.2 Å². The number of benzene rings is 2. The summed E-state index contributed by atoms with van der Waals surface area (Å²) in [5, 5.41) is 0. The van der Waals surface area contributed by atoms with E-state index in [1.54, 1.807) is 43.3 Å². The topological polar surface area (TPSA) is 91.4 Å². The van der Waals surface area contributed by atoms with E-state index in [4.69, 9.17) is 18.9 Å². The Morgan fingerprint density at radius 3 is 1.97 bits per heavy atom. The predicted molar refractivity (Wildman–Crippen MR) is 121 cm³/mol. The van der Waals surface area contributed by atoms with Gasteiger partial charge in [0.2, 0.25) is 15.8 Å². The molecule has 0 saturated heterocycles. The van der Waals surface area contributed by atoms with Crippen molar-refractivity contribution in [2.24, 2.45) is 0 Å². The Morgan fingerprint density at radius 1 is 0.969 bits per heavy atom. The normalized spacial score (nSPS) is 11.5. The fraction of sp³-hybridized carbons (Fsp3) is 0.435. The summed E-state index contributed by atoms with van der Waals surface area (Å²) in [5.74, 6) is 0.792. The van der Waals surface area contributed by atoms with Gasteiger partial charge in [0.15, 0.2) is 11.5 Å². The van der Waals surface area contributed by atoms with Crippen molar-refractivity contribution in [1.82, 2.24) is 4.31 Å². The lowest BCUT2D eigenvalue weighted by molar-refractivity contribution is -0.143. The van der Waals surface area contributed by atoms with Gasteiger partial charge < -0.3 is 18.9 Å². The molecule has 32 heavy (non-hydrogen) atoms. The molecule has 0 bridgehead atoms. The van der Waals surface area contributed by atoms with Gasteiger partial charge in [0.1, 0.15) is 6.54 Å². The van der Waals surface area contributed by atoms with E-state index in [0.717, 1.165) is 9.87 Å². The molecular formula is C23H31NO7S. The van der Waals surface area contributed by atoms with Gasteiger partial charge in [0.25, 0.3) is 0 Å². The van der Waals surface area contributed by atoms with Crippen molar-refractivity contribution < 1.29 is 32.2 Å². The van der Waals surface area contributed by atoms with Crippen LogP contribution in [0.3, 0.4) is 0 Å². The smallest absolute Gasteiger partial charge is 0.321 e. The molecule has 0 heterocycles. The zero-order valence-electron chi connectivity index (χ0n) is 19.4. The predicted octanol–water partition coefficient (Wildman–Crippen LogP) is 3.59. The van der Waals surface area contributed by atoms with Crippen LogP contribution in [0, 0.1) is 0 Å². The minimum atomic E-state index is -3.99. The number of ether oxygens (including phenoxy) is 4. The van der Waals surface area contributed by atoms with Crippen LogP contribution in [0.5, 0.6) is 17.2 Å². The highest BCUT2D eigenvalue weighted by Gasteiger charge is 2.28. The third-order valence-corrected chi connectivity index (χ3v) is 6.68. The summed E-state index contributed by atoms with van der Waals surface area (Å²) in [6, 6.07) is 9.96. The Labute approximate surface area is 190 Å². The maximum absolute atomic E-state index is 13.4. The van der Waals surface area contributed by atoms with Crippen LogP contribution in [0.25, 0.3) is 0 Å². The number of hydrogen-bond donors (Lipinski definition) is 0. The monoisotopic (exact) mass is 465 g/mol. The van der Waals surface area contributed by atoms with Crippen LogP contribution in [0.1, 0.15) is 37.8 Å². The van der Waals surface area contributed by atoms with Crippen molar-refractivity contribution in [2.45, 2.75) is 38.1 Å². The lowest BCUT2D eigenvalue weighted by Crippen LogP contribution is -2.36. The summed E-state index contributed by atoms with van der Waals surface area (Å²) in [6.45, 7) is 5.35. The summed E-state index contributed by atoms with van der Waals surface area (Å²) in [6.07, 6.45) is 0. The molecule has 0 atom stereocenters. The highest BCUT2D eigenvalue weighted by atomic mass is 32.2. The number of carbonyl (C=O) groups excluding carboxylic acids is 1. The van der Waals surface area contributed by atoms with Crippen molar-refractivity contribution in [3.8, 4) is 17.2 Å². The first-order chi connectivity index (χ1) is 15.2. The molecule has 8 nitrogen and oxygen atoms in total. The highest BCUT2D eigenvalue weighted by molar-refractivity contribution is 7.89.